The third kappa shape index (κ3) is 5.84. The zero-order valence-electron chi connectivity index (χ0n) is 20.3. The molecule has 0 bridgehead atoms. The van der Waals surface area contributed by atoms with Crippen LogP contribution in [0.2, 0.25) is 0 Å². The summed E-state index contributed by atoms with van der Waals surface area (Å²) in [5.41, 5.74) is 8.23. The number of aromatic nitrogens is 1. The first-order valence-electron chi connectivity index (χ1n) is 11.7. The quantitative estimate of drug-likeness (QED) is 0.377. The number of carbonyl (C=O) groups excluding carboxylic acids is 3. The van der Waals surface area contributed by atoms with Crippen LogP contribution in [0.15, 0.2) is 84.0 Å². The molecule has 3 heterocycles. The van der Waals surface area contributed by atoms with E-state index < -0.39 is 23.9 Å². The topological polar surface area (TPSA) is 121 Å². The van der Waals surface area contributed by atoms with Crippen LogP contribution < -0.4 is 11.1 Å². The SMILES string of the molecule is C=C/C(=C\C=C/CN)C(=O)OC1C(=O)OCC2=C1/C=C/c1nc3ccccc3cc1CNC2=O.CC. The molecule has 1 unspecified atom stereocenters. The van der Waals surface area contributed by atoms with Gasteiger partial charge in [0.2, 0.25) is 6.10 Å². The Kier molecular flexibility index (Phi) is 9.07. The number of allylic oxidation sites excluding steroid dienone is 2. The number of benzene rings is 1. The summed E-state index contributed by atoms with van der Waals surface area (Å²) < 4.78 is 10.6. The highest BCUT2D eigenvalue weighted by atomic mass is 16.6. The van der Waals surface area contributed by atoms with Crippen LogP contribution in [0.25, 0.3) is 17.0 Å². The highest BCUT2D eigenvalue weighted by molar-refractivity contribution is 6.01. The number of rotatable bonds is 5. The molecule has 0 saturated carbocycles. The zero-order chi connectivity index (χ0) is 26.1. The average Bonchev–Trinajstić information content (AvgIpc) is 2.96. The van der Waals surface area contributed by atoms with Gasteiger partial charge >= 0.3 is 11.9 Å². The number of para-hydroxylation sites is 1. The summed E-state index contributed by atoms with van der Waals surface area (Å²) in [6.07, 6.45) is 7.90. The van der Waals surface area contributed by atoms with Gasteiger partial charge in [-0.05, 0) is 29.8 Å². The van der Waals surface area contributed by atoms with Crippen LogP contribution >= 0.6 is 0 Å². The molecule has 1 amide bonds. The molecule has 2 aliphatic rings. The van der Waals surface area contributed by atoms with Gasteiger partial charge in [0.15, 0.2) is 0 Å². The third-order valence-electron chi connectivity index (χ3n) is 5.40. The second kappa shape index (κ2) is 12.4. The minimum absolute atomic E-state index is 0.125. The predicted octanol–water partition coefficient (Wildman–Crippen LogP) is 3.30. The van der Waals surface area contributed by atoms with E-state index in [-0.39, 0.29) is 29.9 Å². The van der Waals surface area contributed by atoms with Crippen molar-refractivity contribution >= 4 is 34.8 Å². The largest absolute Gasteiger partial charge is 0.458 e. The standard InChI is InChI=1S/C26H23N3O5.C2H6/c1-2-16(7-5-6-12-27)25(31)34-23-19-10-11-22-18(13-17-8-3-4-9-21(17)29-22)14-28-24(30)20(19)15-33-26(23)32;1-2/h2-11,13,23H,1,12,14-15,27H2,(H,28,30);1-2H3/b6-5-,11-10+,16-7+;. The third-order valence-corrected chi connectivity index (χ3v) is 5.40. The van der Waals surface area contributed by atoms with Crippen LogP contribution in [0.5, 0.6) is 0 Å². The summed E-state index contributed by atoms with van der Waals surface area (Å²) in [4.78, 5) is 42.9. The predicted molar refractivity (Wildman–Crippen MR) is 138 cm³/mol. The molecule has 1 aromatic heterocycles. The van der Waals surface area contributed by atoms with Crippen LogP contribution in [0, 0.1) is 0 Å². The first kappa shape index (κ1) is 26.3. The lowest BCUT2D eigenvalue weighted by molar-refractivity contribution is -0.163. The Hall–Kier alpha value is -4.30. The molecule has 0 radical (unpaired) electrons. The van der Waals surface area contributed by atoms with Gasteiger partial charge in [0.25, 0.3) is 5.91 Å². The Bertz CT molecular complexity index is 1300. The number of hydrogen-bond donors (Lipinski definition) is 2. The van der Waals surface area contributed by atoms with Gasteiger partial charge in [-0.15, -0.1) is 0 Å². The monoisotopic (exact) mass is 487 g/mol. The maximum Gasteiger partial charge on any atom is 0.352 e. The average molecular weight is 488 g/mol. The molecule has 0 fully saturated rings. The Morgan fingerprint density at radius 1 is 1.28 bits per heavy atom. The number of cyclic esters (lactones) is 1. The van der Waals surface area contributed by atoms with Gasteiger partial charge in [-0.3, -0.25) is 4.79 Å². The fourth-order valence-electron chi connectivity index (χ4n) is 3.64. The number of nitrogens with one attached hydrogen (secondary N) is 1. The van der Waals surface area contributed by atoms with Crippen molar-refractivity contribution in [3.05, 3.63) is 95.3 Å². The highest BCUT2D eigenvalue weighted by Gasteiger charge is 2.37. The van der Waals surface area contributed by atoms with Crippen molar-refractivity contribution in [2.24, 2.45) is 5.73 Å². The molecular weight excluding hydrogens is 458 g/mol. The van der Waals surface area contributed by atoms with Crippen molar-refractivity contribution in [2.45, 2.75) is 26.5 Å². The second-order valence-corrected chi connectivity index (χ2v) is 7.56. The molecule has 0 aliphatic carbocycles. The lowest BCUT2D eigenvalue weighted by Crippen LogP contribution is -2.39. The van der Waals surface area contributed by atoms with Gasteiger partial charge < -0.3 is 20.5 Å². The molecule has 1 aromatic carbocycles. The minimum atomic E-state index is -1.41. The normalized spacial score (nSPS) is 18.4. The van der Waals surface area contributed by atoms with Crippen molar-refractivity contribution in [2.75, 3.05) is 13.2 Å². The lowest BCUT2D eigenvalue weighted by atomic mass is 9.99. The van der Waals surface area contributed by atoms with E-state index in [1.807, 2.05) is 44.2 Å². The van der Waals surface area contributed by atoms with Crippen molar-refractivity contribution < 1.29 is 23.9 Å². The highest BCUT2D eigenvalue weighted by Crippen LogP contribution is 2.26. The summed E-state index contributed by atoms with van der Waals surface area (Å²) in [5.74, 6) is -1.97. The van der Waals surface area contributed by atoms with Gasteiger partial charge in [-0.2, -0.15) is 0 Å². The van der Waals surface area contributed by atoms with Crippen LogP contribution in [0.4, 0.5) is 0 Å². The number of nitrogens with zero attached hydrogens (tertiary/aromatic N) is 1. The minimum Gasteiger partial charge on any atom is -0.458 e. The first-order valence-corrected chi connectivity index (χ1v) is 11.7. The van der Waals surface area contributed by atoms with E-state index in [9.17, 15) is 14.4 Å². The number of ether oxygens (including phenoxy) is 2. The number of amides is 1. The Morgan fingerprint density at radius 3 is 2.81 bits per heavy atom. The van der Waals surface area contributed by atoms with Crippen LogP contribution in [-0.4, -0.2) is 42.1 Å². The Balaban J connectivity index is 0.00000176. The van der Waals surface area contributed by atoms with Crippen molar-refractivity contribution in [1.82, 2.24) is 10.3 Å². The lowest BCUT2D eigenvalue weighted by Gasteiger charge is -2.25. The molecule has 186 valence electrons. The molecular formula is C28H29N3O5. The molecule has 2 aliphatic heterocycles. The summed E-state index contributed by atoms with van der Waals surface area (Å²) >= 11 is 0. The summed E-state index contributed by atoms with van der Waals surface area (Å²) in [6, 6.07) is 9.61. The molecule has 0 spiro atoms. The Labute approximate surface area is 209 Å². The van der Waals surface area contributed by atoms with Crippen LogP contribution in [0.3, 0.4) is 0 Å². The van der Waals surface area contributed by atoms with E-state index in [4.69, 9.17) is 15.2 Å². The molecule has 36 heavy (non-hydrogen) atoms. The molecule has 0 saturated heterocycles. The summed E-state index contributed by atoms with van der Waals surface area (Å²) in [7, 11) is 0. The van der Waals surface area contributed by atoms with Gasteiger partial charge in [-0.1, -0.05) is 62.9 Å². The Morgan fingerprint density at radius 2 is 2.06 bits per heavy atom. The van der Waals surface area contributed by atoms with Crippen LogP contribution in [-0.2, 0) is 30.4 Å². The fourth-order valence-corrected chi connectivity index (χ4v) is 3.64. The first-order chi connectivity index (χ1) is 17.5. The van der Waals surface area contributed by atoms with Gasteiger partial charge in [0.05, 0.1) is 22.4 Å². The zero-order valence-corrected chi connectivity index (χ0v) is 20.3. The number of pyridine rings is 1. The maximum atomic E-state index is 12.9. The fraction of sp³-hybridized carbons (Fsp3) is 0.214. The number of nitrogens with two attached hydrogens (primary N) is 1. The molecule has 4 rings (SSSR count). The smallest absolute Gasteiger partial charge is 0.352 e. The number of esters is 2. The van der Waals surface area contributed by atoms with Gasteiger partial charge in [0.1, 0.15) is 6.61 Å². The van der Waals surface area contributed by atoms with Crippen molar-refractivity contribution in [3.8, 4) is 0 Å². The number of hydrogen-bond acceptors (Lipinski definition) is 7. The van der Waals surface area contributed by atoms with E-state index in [0.29, 0.717) is 12.2 Å². The van der Waals surface area contributed by atoms with Crippen molar-refractivity contribution in [1.29, 1.82) is 0 Å². The number of fused-ring (bicyclic) bond motifs is 2. The van der Waals surface area contributed by atoms with Crippen LogP contribution in [0.1, 0.15) is 25.1 Å². The summed E-state index contributed by atoms with van der Waals surface area (Å²) in [5, 5.41) is 3.79. The molecule has 8 heteroatoms. The molecule has 1 atom stereocenters. The van der Waals surface area contributed by atoms with E-state index in [0.717, 1.165) is 16.5 Å². The van der Waals surface area contributed by atoms with E-state index in [1.54, 1.807) is 24.3 Å². The van der Waals surface area contributed by atoms with E-state index >= 15 is 0 Å². The van der Waals surface area contributed by atoms with E-state index in [2.05, 4.69) is 16.9 Å². The molecule has 2 aromatic rings. The van der Waals surface area contributed by atoms with Gasteiger partial charge in [-0.25, -0.2) is 14.6 Å². The second-order valence-electron chi connectivity index (χ2n) is 7.56. The van der Waals surface area contributed by atoms with Crippen molar-refractivity contribution in [3.63, 3.8) is 0 Å². The maximum absolute atomic E-state index is 12.9. The molecule has 3 N–H and O–H groups in total. The number of carbonyl (C=O) groups is 3. The summed E-state index contributed by atoms with van der Waals surface area (Å²) in [6.45, 7) is 7.91. The van der Waals surface area contributed by atoms with E-state index in [1.165, 1.54) is 12.2 Å². The molecule has 8 nitrogen and oxygen atoms in total. The van der Waals surface area contributed by atoms with Gasteiger partial charge in [0, 0.05) is 24.0 Å².